The zero-order valence-corrected chi connectivity index (χ0v) is 17.0. The van der Waals surface area contributed by atoms with Crippen molar-refractivity contribution in [3.8, 4) is 0 Å². The smallest absolute Gasteiger partial charge is 0.341 e. The van der Waals surface area contributed by atoms with Crippen LogP contribution in [0.4, 0.5) is 5.00 Å². The topological polar surface area (TPSA) is 55.4 Å². The fourth-order valence-corrected chi connectivity index (χ4v) is 4.10. The van der Waals surface area contributed by atoms with Crippen LogP contribution in [0.25, 0.3) is 0 Å². The van der Waals surface area contributed by atoms with Crippen LogP contribution in [-0.2, 0) is 4.74 Å². The largest absolute Gasteiger partial charge is 0.462 e. The molecule has 0 radical (unpaired) electrons. The standard InChI is InChI=1S/C23H23NO3S/c1-4-27-23(26)19-14-20(16(3)17-11-6-5-7-12-17)28-22(19)24-21(25)18-13-9-8-10-15(18)2/h5-14,16H,4H2,1-3H3,(H,24,25)/t16-/m0/s1. The summed E-state index contributed by atoms with van der Waals surface area (Å²) in [6.07, 6.45) is 0. The first-order chi connectivity index (χ1) is 13.5. The third-order valence-electron chi connectivity index (χ3n) is 4.59. The Morgan fingerprint density at radius 3 is 2.39 bits per heavy atom. The van der Waals surface area contributed by atoms with Crippen molar-refractivity contribution in [3.63, 3.8) is 0 Å². The van der Waals surface area contributed by atoms with Crippen LogP contribution in [0.1, 0.15) is 56.5 Å². The molecule has 0 aliphatic heterocycles. The second-order valence-electron chi connectivity index (χ2n) is 6.51. The molecule has 1 amide bonds. The van der Waals surface area contributed by atoms with Crippen molar-refractivity contribution in [1.29, 1.82) is 0 Å². The Kier molecular flexibility index (Phi) is 6.26. The molecule has 0 spiro atoms. The van der Waals surface area contributed by atoms with Crippen LogP contribution in [0.3, 0.4) is 0 Å². The van der Waals surface area contributed by atoms with Gasteiger partial charge in [-0.3, -0.25) is 4.79 Å². The Bertz CT molecular complexity index is 979. The quantitative estimate of drug-likeness (QED) is 0.552. The van der Waals surface area contributed by atoms with Gasteiger partial charge >= 0.3 is 5.97 Å². The number of ether oxygens (including phenoxy) is 1. The van der Waals surface area contributed by atoms with Crippen molar-refractivity contribution >= 4 is 28.2 Å². The van der Waals surface area contributed by atoms with Gasteiger partial charge in [0.1, 0.15) is 5.00 Å². The summed E-state index contributed by atoms with van der Waals surface area (Å²) in [5.74, 6) is -0.557. The number of nitrogens with one attached hydrogen (secondary N) is 1. The highest BCUT2D eigenvalue weighted by atomic mass is 32.1. The van der Waals surface area contributed by atoms with Crippen LogP contribution in [0.5, 0.6) is 0 Å². The van der Waals surface area contributed by atoms with Crippen molar-refractivity contribution in [2.24, 2.45) is 0 Å². The van der Waals surface area contributed by atoms with Crippen LogP contribution in [0, 0.1) is 6.92 Å². The first-order valence-electron chi connectivity index (χ1n) is 9.24. The van der Waals surface area contributed by atoms with Crippen LogP contribution in [0.2, 0.25) is 0 Å². The predicted octanol–water partition coefficient (Wildman–Crippen LogP) is 5.64. The summed E-state index contributed by atoms with van der Waals surface area (Å²) in [5, 5.41) is 3.43. The molecule has 3 rings (SSSR count). The number of benzene rings is 2. The molecule has 28 heavy (non-hydrogen) atoms. The maximum atomic E-state index is 12.8. The molecule has 5 heteroatoms. The molecule has 1 aromatic heterocycles. The number of hydrogen-bond donors (Lipinski definition) is 1. The Hall–Kier alpha value is -2.92. The summed E-state index contributed by atoms with van der Waals surface area (Å²) in [6.45, 7) is 6.02. The summed E-state index contributed by atoms with van der Waals surface area (Å²) in [6, 6.07) is 19.3. The highest BCUT2D eigenvalue weighted by Gasteiger charge is 2.22. The van der Waals surface area contributed by atoms with Gasteiger partial charge < -0.3 is 10.1 Å². The lowest BCUT2D eigenvalue weighted by atomic mass is 9.99. The van der Waals surface area contributed by atoms with Crippen molar-refractivity contribution < 1.29 is 14.3 Å². The number of thiophene rings is 1. The Morgan fingerprint density at radius 1 is 1.04 bits per heavy atom. The summed E-state index contributed by atoms with van der Waals surface area (Å²) >= 11 is 1.41. The maximum absolute atomic E-state index is 12.8. The molecule has 1 heterocycles. The van der Waals surface area contributed by atoms with Gasteiger partial charge in [0.2, 0.25) is 0 Å². The third-order valence-corrected chi connectivity index (χ3v) is 5.82. The summed E-state index contributed by atoms with van der Waals surface area (Å²) < 4.78 is 5.19. The molecular formula is C23H23NO3S. The normalized spacial score (nSPS) is 11.7. The average molecular weight is 394 g/mol. The number of hydrogen-bond acceptors (Lipinski definition) is 4. The van der Waals surface area contributed by atoms with Gasteiger partial charge in [-0.05, 0) is 37.1 Å². The minimum absolute atomic E-state index is 0.100. The van der Waals surface area contributed by atoms with Gasteiger partial charge in [0.05, 0.1) is 12.2 Å². The fraction of sp³-hybridized carbons (Fsp3) is 0.217. The van der Waals surface area contributed by atoms with E-state index in [1.54, 1.807) is 13.0 Å². The van der Waals surface area contributed by atoms with Crippen molar-refractivity contribution in [2.45, 2.75) is 26.7 Å². The molecule has 2 aromatic carbocycles. The van der Waals surface area contributed by atoms with E-state index < -0.39 is 5.97 Å². The number of rotatable bonds is 6. The van der Waals surface area contributed by atoms with Crippen molar-refractivity contribution in [1.82, 2.24) is 0 Å². The number of anilines is 1. The number of carbonyl (C=O) groups is 2. The predicted molar refractivity (Wildman–Crippen MR) is 113 cm³/mol. The van der Waals surface area contributed by atoms with E-state index in [9.17, 15) is 9.59 Å². The highest BCUT2D eigenvalue weighted by molar-refractivity contribution is 7.16. The lowest BCUT2D eigenvalue weighted by Crippen LogP contribution is -2.15. The van der Waals surface area contributed by atoms with Gasteiger partial charge in [-0.2, -0.15) is 0 Å². The van der Waals surface area contributed by atoms with E-state index >= 15 is 0 Å². The number of aryl methyl sites for hydroxylation is 1. The minimum Gasteiger partial charge on any atom is -0.462 e. The third kappa shape index (κ3) is 4.31. The molecule has 0 saturated carbocycles. The number of esters is 1. The molecule has 3 aromatic rings. The lowest BCUT2D eigenvalue weighted by molar-refractivity contribution is 0.0528. The van der Waals surface area contributed by atoms with E-state index in [2.05, 4.69) is 24.4 Å². The Labute approximate surface area is 169 Å². The number of carbonyl (C=O) groups excluding carboxylic acids is 2. The zero-order valence-electron chi connectivity index (χ0n) is 16.2. The summed E-state index contributed by atoms with van der Waals surface area (Å²) in [4.78, 5) is 26.2. The summed E-state index contributed by atoms with van der Waals surface area (Å²) in [7, 11) is 0. The van der Waals surface area contributed by atoms with E-state index in [4.69, 9.17) is 4.74 Å². The van der Waals surface area contributed by atoms with E-state index in [0.717, 1.165) is 16.0 Å². The second-order valence-corrected chi connectivity index (χ2v) is 7.60. The molecule has 0 bridgehead atoms. The van der Waals surface area contributed by atoms with Crippen LogP contribution >= 0.6 is 11.3 Å². The van der Waals surface area contributed by atoms with E-state index in [-0.39, 0.29) is 18.4 Å². The van der Waals surface area contributed by atoms with E-state index in [1.807, 2.05) is 49.4 Å². The SMILES string of the molecule is CCOC(=O)c1cc([C@@H](C)c2ccccc2)sc1NC(=O)c1ccccc1C. The van der Waals surface area contributed by atoms with Crippen LogP contribution < -0.4 is 5.32 Å². The molecular weight excluding hydrogens is 370 g/mol. The highest BCUT2D eigenvalue weighted by Crippen LogP contribution is 2.36. The Morgan fingerprint density at radius 2 is 1.71 bits per heavy atom. The van der Waals surface area contributed by atoms with E-state index in [0.29, 0.717) is 16.1 Å². The first kappa shape index (κ1) is 19.8. The average Bonchev–Trinajstić information content (AvgIpc) is 3.12. The van der Waals surface area contributed by atoms with Gasteiger partial charge in [-0.25, -0.2) is 4.79 Å². The molecule has 1 atom stereocenters. The molecule has 0 unspecified atom stereocenters. The van der Waals surface area contributed by atoms with Gasteiger partial charge in [0, 0.05) is 16.4 Å². The second kappa shape index (κ2) is 8.85. The maximum Gasteiger partial charge on any atom is 0.341 e. The van der Waals surface area contributed by atoms with E-state index in [1.165, 1.54) is 11.3 Å². The minimum atomic E-state index is -0.426. The van der Waals surface area contributed by atoms with Gasteiger partial charge in [0.15, 0.2) is 0 Å². The molecule has 0 saturated heterocycles. The molecule has 0 fully saturated rings. The van der Waals surface area contributed by atoms with Crippen molar-refractivity contribution in [2.75, 3.05) is 11.9 Å². The molecule has 0 aliphatic carbocycles. The fourth-order valence-electron chi connectivity index (χ4n) is 2.98. The molecule has 4 nitrogen and oxygen atoms in total. The first-order valence-corrected chi connectivity index (χ1v) is 10.1. The molecule has 1 N–H and O–H groups in total. The van der Waals surface area contributed by atoms with Crippen LogP contribution in [-0.4, -0.2) is 18.5 Å². The van der Waals surface area contributed by atoms with Crippen molar-refractivity contribution in [3.05, 3.63) is 87.8 Å². The van der Waals surface area contributed by atoms with Gasteiger partial charge in [0.25, 0.3) is 5.91 Å². The van der Waals surface area contributed by atoms with Gasteiger partial charge in [-0.15, -0.1) is 11.3 Å². The zero-order chi connectivity index (χ0) is 20.1. The lowest BCUT2D eigenvalue weighted by Gasteiger charge is -2.09. The molecule has 0 aliphatic rings. The summed E-state index contributed by atoms with van der Waals surface area (Å²) in [5.41, 5.74) is 3.01. The van der Waals surface area contributed by atoms with Crippen LogP contribution in [0.15, 0.2) is 60.7 Å². The monoisotopic (exact) mass is 393 g/mol. The van der Waals surface area contributed by atoms with Gasteiger partial charge in [-0.1, -0.05) is 55.5 Å². The molecule has 144 valence electrons. The Balaban J connectivity index is 1.94. The number of amides is 1.